The number of aliphatic imine (C=N–C) groups is 1. The zero-order valence-electron chi connectivity index (χ0n) is 11.9. The Labute approximate surface area is 110 Å². The molecule has 0 saturated heterocycles. The van der Waals surface area contributed by atoms with Gasteiger partial charge in [-0.15, -0.1) is 0 Å². The number of carbonyl (C=O) groups is 1. The quantitative estimate of drug-likeness (QED) is 0.561. The van der Waals surface area contributed by atoms with Crippen LogP contribution in [-0.4, -0.2) is 42.9 Å². The minimum atomic E-state index is -0.455. The second kappa shape index (κ2) is 8.55. The van der Waals surface area contributed by atoms with Crippen LogP contribution in [-0.2, 0) is 4.74 Å². The molecular formula is C13H25N3O2. The topological polar surface area (TPSA) is 53.9 Å². The smallest absolute Gasteiger partial charge is 0.410 e. The van der Waals surface area contributed by atoms with Gasteiger partial charge in [-0.2, -0.15) is 0 Å². The first-order valence-corrected chi connectivity index (χ1v) is 6.23. The first-order valence-electron chi connectivity index (χ1n) is 6.23. The van der Waals surface area contributed by atoms with Gasteiger partial charge in [-0.3, -0.25) is 4.99 Å². The van der Waals surface area contributed by atoms with E-state index in [0.29, 0.717) is 19.6 Å². The van der Waals surface area contributed by atoms with Gasteiger partial charge in [0.2, 0.25) is 0 Å². The molecule has 0 bridgehead atoms. The standard InChI is InChI=1S/C13H25N3O2/c1-6-10-16(11-9-15-8-7-14-5)12(17)18-13(2,3)4/h7-8,15H,5-6,9-11H2,1-4H3/b8-7-. The first kappa shape index (κ1) is 16.5. The van der Waals surface area contributed by atoms with E-state index < -0.39 is 5.60 Å². The van der Waals surface area contributed by atoms with Gasteiger partial charge in [-0.1, -0.05) is 6.92 Å². The number of nitrogens with one attached hydrogen (secondary N) is 1. The molecule has 0 aromatic rings. The van der Waals surface area contributed by atoms with Crippen LogP contribution in [0.3, 0.4) is 0 Å². The molecule has 0 unspecified atom stereocenters. The van der Waals surface area contributed by atoms with Gasteiger partial charge in [0.15, 0.2) is 0 Å². The monoisotopic (exact) mass is 255 g/mol. The van der Waals surface area contributed by atoms with Crippen molar-refractivity contribution in [2.75, 3.05) is 19.6 Å². The fourth-order valence-electron chi connectivity index (χ4n) is 1.28. The third-order valence-electron chi connectivity index (χ3n) is 1.97. The van der Waals surface area contributed by atoms with Crippen LogP contribution in [0.4, 0.5) is 4.79 Å². The molecule has 0 rings (SSSR count). The van der Waals surface area contributed by atoms with Gasteiger partial charge in [0.25, 0.3) is 0 Å². The highest BCUT2D eigenvalue weighted by Gasteiger charge is 2.20. The fourth-order valence-corrected chi connectivity index (χ4v) is 1.28. The van der Waals surface area contributed by atoms with Gasteiger partial charge in [0.1, 0.15) is 5.60 Å². The lowest BCUT2D eigenvalue weighted by Crippen LogP contribution is -2.40. The minimum absolute atomic E-state index is 0.267. The van der Waals surface area contributed by atoms with Crippen LogP contribution in [0.2, 0.25) is 0 Å². The van der Waals surface area contributed by atoms with Crippen molar-refractivity contribution in [1.29, 1.82) is 0 Å². The average Bonchev–Trinajstić information content (AvgIpc) is 2.25. The Morgan fingerprint density at radius 1 is 1.44 bits per heavy atom. The highest BCUT2D eigenvalue weighted by molar-refractivity contribution is 5.68. The number of carbonyl (C=O) groups excluding carboxylic acids is 1. The SMILES string of the molecule is C=N/C=C\NCCN(CCC)C(=O)OC(C)(C)C. The molecule has 0 radical (unpaired) electrons. The van der Waals surface area contributed by atoms with Gasteiger partial charge >= 0.3 is 6.09 Å². The fraction of sp³-hybridized carbons (Fsp3) is 0.692. The summed E-state index contributed by atoms with van der Waals surface area (Å²) in [6.45, 7) is 12.9. The maximum atomic E-state index is 11.9. The van der Waals surface area contributed by atoms with Gasteiger partial charge in [-0.05, 0) is 33.9 Å². The Morgan fingerprint density at radius 2 is 2.11 bits per heavy atom. The summed E-state index contributed by atoms with van der Waals surface area (Å²) in [5, 5.41) is 3.03. The Morgan fingerprint density at radius 3 is 2.61 bits per heavy atom. The summed E-state index contributed by atoms with van der Waals surface area (Å²) >= 11 is 0. The molecule has 104 valence electrons. The highest BCUT2D eigenvalue weighted by Crippen LogP contribution is 2.09. The third-order valence-corrected chi connectivity index (χ3v) is 1.97. The van der Waals surface area contributed by atoms with Crippen LogP contribution in [0.1, 0.15) is 34.1 Å². The molecule has 1 amide bonds. The van der Waals surface area contributed by atoms with Crippen molar-refractivity contribution in [1.82, 2.24) is 10.2 Å². The molecule has 0 atom stereocenters. The Bertz CT molecular complexity index is 282. The summed E-state index contributed by atoms with van der Waals surface area (Å²) in [4.78, 5) is 17.2. The van der Waals surface area contributed by atoms with Crippen LogP contribution in [0.5, 0.6) is 0 Å². The third kappa shape index (κ3) is 8.61. The summed E-state index contributed by atoms with van der Waals surface area (Å²) in [6.07, 6.45) is 3.91. The lowest BCUT2D eigenvalue weighted by molar-refractivity contribution is 0.0253. The largest absolute Gasteiger partial charge is 0.444 e. The summed E-state index contributed by atoms with van der Waals surface area (Å²) in [5.74, 6) is 0. The number of hydrogen-bond acceptors (Lipinski definition) is 4. The van der Waals surface area contributed by atoms with E-state index >= 15 is 0 Å². The van der Waals surface area contributed by atoms with E-state index in [1.165, 1.54) is 0 Å². The van der Waals surface area contributed by atoms with Crippen LogP contribution < -0.4 is 5.32 Å². The summed E-state index contributed by atoms with van der Waals surface area (Å²) < 4.78 is 5.34. The zero-order chi connectivity index (χ0) is 14.0. The lowest BCUT2D eigenvalue weighted by atomic mass is 10.2. The van der Waals surface area contributed by atoms with Crippen molar-refractivity contribution in [3.63, 3.8) is 0 Å². The summed E-state index contributed by atoms with van der Waals surface area (Å²) in [6, 6.07) is 0. The number of ether oxygens (including phenoxy) is 1. The van der Waals surface area contributed by atoms with E-state index in [2.05, 4.69) is 17.0 Å². The van der Waals surface area contributed by atoms with E-state index in [1.54, 1.807) is 17.3 Å². The predicted molar refractivity (Wildman–Crippen MR) is 74.8 cm³/mol. The first-order chi connectivity index (χ1) is 8.40. The maximum Gasteiger partial charge on any atom is 0.410 e. The second-order valence-corrected chi connectivity index (χ2v) is 4.92. The summed E-state index contributed by atoms with van der Waals surface area (Å²) in [7, 11) is 0. The van der Waals surface area contributed by atoms with E-state index in [0.717, 1.165) is 6.42 Å². The van der Waals surface area contributed by atoms with Crippen LogP contribution in [0.25, 0.3) is 0 Å². The van der Waals surface area contributed by atoms with Gasteiger partial charge in [0, 0.05) is 32.0 Å². The van der Waals surface area contributed by atoms with Crippen LogP contribution in [0.15, 0.2) is 17.4 Å². The highest BCUT2D eigenvalue weighted by atomic mass is 16.6. The normalized spacial score (nSPS) is 11.3. The zero-order valence-corrected chi connectivity index (χ0v) is 11.9. The van der Waals surface area contributed by atoms with Crippen molar-refractivity contribution in [2.24, 2.45) is 4.99 Å². The molecule has 0 heterocycles. The van der Waals surface area contributed by atoms with Crippen molar-refractivity contribution < 1.29 is 9.53 Å². The van der Waals surface area contributed by atoms with E-state index in [-0.39, 0.29) is 6.09 Å². The van der Waals surface area contributed by atoms with Gasteiger partial charge in [0.05, 0.1) is 0 Å². The predicted octanol–water partition coefficient (Wildman–Crippen LogP) is 2.39. The van der Waals surface area contributed by atoms with E-state index in [4.69, 9.17) is 4.74 Å². The van der Waals surface area contributed by atoms with Gasteiger partial charge in [-0.25, -0.2) is 4.79 Å². The molecule has 0 aromatic heterocycles. The molecule has 1 N–H and O–H groups in total. The molecule has 0 spiro atoms. The molecule has 5 heteroatoms. The molecule has 0 saturated carbocycles. The Balaban J connectivity index is 4.16. The molecule has 0 aliphatic rings. The number of nitrogens with zero attached hydrogens (tertiary/aromatic N) is 2. The molecular weight excluding hydrogens is 230 g/mol. The van der Waals surface area contributed by atoms with Crippen molar-refractivity contribution >= 4 is 12.8 Å². The van der Waals surface area contributed by atoms with Crippen LogP contribution >= 0.6 is 0 Å². The Kier molecular flexibility index (Phi) is 7.83. The van der Waals surface area contributed by atoms with Crippen molar-refractivity contribution in [3.8, 4) is 0 Å². The molecule has 5 nitrogen and oxygen atoms in total. The maximum absolute atomic E-state index is 11.9. The molecule has 0 aliphatic carbocycles. The number of rotatable bonds is 7. The Hall–Kier alpha value is -1.52. The van der Waals surface area contributed by atoms with E-state index in [9.17, 15) is 4.79 Å². The summed E-state index contributed by atoms with van der Waals surface area (Å²) in [5.41, 5.74) is -0.455. The second-order valence-electron chi connectivity index (χ2n) is 4.92. The average molecular weight is 255 g/mol. The van der Waals surface area contributed by atoms with Crippen molar-refractivity contribution in [3.05, 3.63) is 12.4 Å². The number of amides is 1. The molecule has 0 fully saturated rings. The molecule has 0 aromatic carbocycles. The van der Waals surface area contributed by atoms with E-state index in [1.807, 2.05) is 27.7 Å². The van der Waals surface area contributed by atoms with Crippen molar-refractivity contribution in [2.45, 2.75) is 39.7 Å². The van der Waals surface area contributed by atoms with Gasteiger partial charge < -0.3 is 15.0 Å². The minimum Gasteiger partial charge on any atom is -0.444 e. The molecule has 0 aliphatic heterocycles. The lowest BCUT2D eigenvalue weighted by Gasteiger charge is -2.27. The molecule has 18 heavy (non-hydrogen) atoms. The number of hydrogen-bond donors (Lipinski definition) is 1. The van der Waals surface area contributed by atoms with Crippen LogP contribution in [0, 0.1) is 0 Å².